The summed E-state index contributed by atoms with van der Waals surface area (Å²) >= 11 is 6.21. The van der Waals surface area contributed by atoms with E-state index in [1.807, 2.05) is 24.3 Å². The normalized spacial score (nSPS) is 14.0. The minimum Gasteiger partial charge on any atom is -0.457 e. The molecule has 0 aromatic heterocycles. The van der Waals surface area contributed by atoms with Crippen molar-refractivity contribution in [2.75, 3.05) is 9.80 Å². The molecule has 25 rings (SSSR count). The van der Waals surface area contributed by atoms with Crippen molar-refractivity contribution >= 4 is 79.9 Å². The van der Waals surface area contributed by atoms with E-state index < -0.39 is 29.2 Å². The molecule has 6 nitrogen and oxygen atoms in total. The van der Waals surface area contributed by atoms with E-state index in [1.54, 1.807) is 0 Å². The maximum absolute atomic E-state index is 6.62. The third kappa shape index (κ3) is 14.2. The Morgan fingerprint density at radius 3 is 0.925 bits per heavy atom. The molecule has 1 fully saturated rings. The molecule has 8 heteroatoms. The minimum atomic E-state index is -0.523. The summed E-state index contributed by atoms with van der Waals surface area (Å²) in [6.45, 7) is 8.42. The molecule has 0 atom stereocenters. The number of halogens is 1. The number of benzene rings is 20. The molecule has 0 unspecified atom stereocenters. The molecular formula is C125H94BClN2O4. The maximum Gasteiger partial charge on any atom is 0.494 e. The van der Waals surface area contributed by atoms with Gasteiger partial charge in [-0.25, -0.2) is 0 Å². The molecule has 0 N–H and O–H groups in total. The molecule has 2 aliphatic carbocycles. The highest BCUT2D eigenvalue weighted by molar-refractivity contribution is 6.62. The fraction of sp³-hybridized carbons (Fsp3) is 0.0720. The Hall–Kier alpha value is -15.6. The van der Waals surface area contributed by atoms with Crippen molar-refractivity contribution in [3.63, 3.8) is 0 Å². The summed E-state index contributed by atoms with van der Waals surface area (Å²) in [5.41, 5.74) is 32.5. The summed E-state index contributed by atoms with van der Waals surface area (Å²) in [4.78, 5) is 4.67. The second-order valence-corrected chi connectivity index (χ2v) is 36.0. The van der Waals surface area contributed by atoms with Gasteiger partial charge in [0.2, 0.25) is 0 Å². The van der Waals surface area contributed by atoms with Crippen molar-refractivity contribution in [3.8, 4) is 101 Å². The van der Waals surface area contributed by atoms with E-state index in [-0.39, 0.29) is 7.43 Å². The zero-order valence-corrected chi connectivity index (χ0v) is 74.3. The second kappa shape index (κ2) is 34.0. The Balaban J connectivity index is 0.000000124. The zero-order valence-electron chi connectivity index (χ0n) is 73.5. The number of rotatable bonds is 12. The molecule has 0 radical (unpaired) electrons. The number of fused-ring (bicyclic) bond motifs is 22. The van der Waals surface area contributed by atoms with Crippen LogP contribution in [0.1, 0.15) is 79.6 Å². The van der Waals surface area contributed by atoms with Gasteiger partial charge in [-0.3, -0.25) is 0 Å². The van der Waals surface area contributed by atoms with Gasteiger partial charge in [0.05, 0.1) is 33.4 Å². The fourth-order valence-corrected chi connectivity index (χ4v) is 21.0. The first kappa shape index (κ1) is 83.0. The van der Waals surface area contributed by atoms with Crippen molar-refractivity contribution in [1.82, 2.24) is 0 Å². The summed E-state index contributed by atoms with van der Waals surface area (Å²) in [5, 5.41) is 5.71. The van der Waals surface area contributed by atoms with Gasteiger partial charge in [0.25, 0.3) is 0 Å². The van der Waals surface area contributed by atoms with Gasteiger partial charge in [-0.15, -0.1) is 0 Å². The van der Waals surface area contributed by atoms with E-state index >= 15 is 0 Å². The number of nitrogens with zero attached hydrogens (tertiary/aromatic N) is 2. The summed E-state index contributed by atoms with van der Waals surface area (Å²) in [6, 6.07) is 169. The topological polar surface area (TPSA) is 43.4 Å². The van der Waals surface area contributed by atoms with E-state index in [9.17, 15) is 0 Å². The lowest BCUT2D eigenvalue weighted by atomic mass is 9.65. The number of ether oxygens (including phenoxy) is 2. The van der Waals surface area contributed by atoms with Crippen molar-refractivity contribution in [2.45, 2.75) is 57.2 Å². The van der Waals surface area contributed by atoms with Crippen molar-refractivity contribution in [3.05, 3.63) is 523 Å². The minimum absolute atomic E-state index is 0. The van der Waals surface area contributed by atoms with Crippen LogP contribution in [0.4, 0.5) is 34.1 Å². The Bertz CT molecular complexity index is 7670. The molecule has 20 aromatic rings. The lowest BCUT2D eigenvalue weighted by molar-refractivity contribution is 0.00578. The Labute approximate surface area is 783 Å². The molecule has 3 heterocycles. The van der Waals surface area contributed by atoms with Crippen LogP contribution in [-0.4, -0.2) is 18.3 Å². The van der Waals surface area contributed by atoms with Gasteiger partial charge < -0.3 is 28.6 Å². The standard InChI is InChI=1S/C59H39NO.C35H29BO3.C30H22ClN.CH4/c1-3-15-40(16-4-1)41-27-33-46(34-28-41)60(55-24-12-9-20-48(55)43-17-5-2-6-18-43)47-35-29-42(30-36-47)45-32-37-51-50(39-45)58-49-21-8-7-19-44(49)31-38-54(58)59(51)52-22-10-13-25-56(52)61-57-26-14-11-23-53(57)59;1-33(2)34(3,4)39-36(38-33)23-18-20-26-25(21-23)32-24-12-6-5-11-22(24)17-19-29(32)35(26)27-13-7-9-15-30(27)37-31-16-10-8-14-28(31)35;31-26-17-21-28(22-18-26)32(27-19-15-24(16-20-27)23-9-3-1-4-10-23)30-14-8-7-13-29(30)25-11-5-2-6-12-25;/h1-39H;5-21H,1-4H3;1-22H;1H4. The predicted molar refractivity (Wildman–Crippen MR) is 553 cm³/mol. The number of hydrogen-bond donors (Lipinski definition) is 0. The van der Waals surface area contributed by atoms with E-state index in [0.717, 1.165) is 73.2 Å². The van der Waals surface area contributed by atoms with E-state index in [2.05, 4.69) is 486 Å². The first-order chi connectivity index (χ1) is 64.9. The summed E-state index contributed by atoms with van der Waals surface area (Å²) in [7, 11) is -0.426. The molecule has 0 saturated carbocycles. The van der Waals surface area contributed by atoms with Crippen LogP contribution >= 0.6 is 11.6 Å². The highest BCUT2D eigenvalue weighted by Gasteiger charge is 2.56. The SMILES string of the molecule is C.CC1(C)OB(c2ccc3c(c2)-c2c(ccc4ccccc24)C32c3ccccc3Oc3ccccc32)OC1(C)C.Clc1ccc(N(c2ccc(-c3ccccc3)cc2)c2ccccc2-c2ccccc2)cc1.c1ccc(-c2ccc(N(c3ccc(-c4ccc5c(c4)-c4c(ccc6ccccc46)C54c5ccccc5Oc5ccccc54)cc3)c3ccccc3-c3ccccc3)cc2)cc1. The fourth-order valence-electron chi connectivity index (χ4n) is 20.8. The quantitative estimate of drug-likeness (QED) is 0.114. The predicted octanol–water partition coefficient (Wildman–Crippen LogP) is 33.2. The average Bonchev–Trinajstić information content (AvgIpc) is 1.52. The maximum atomic E-state index is 6.62. The zero-order chi connectivity index (χ0) is 88.7. The first-order valence-corrected chi connectivity index (χ1v) is 45.7. The molecule has 5 aliphatic rings. The van der Waals surface area contributed by atoms with E-state index in [4.69, 9.17) is 30.4 Å². The van der Waals surface area contributed by atoms with Crippen LogP contribution in [0.15, 0.2) is 473 Å². The van der Waals surface area contributed by atoms with Crippen molar-refractivity contribution < 1.29 is 18.8 Å². The number of para-hydroxylation sites is 6. The molecule has 133 heavy (non-hydrogen) atoms. The number of anilines is 6. The Morgan fingerprint density at radius 2 is 0.526 bits per heavy atom. The third-order valence-corrected chi connectivity index (χ3v) is 27.9. The molecular weight excluding hydrogens is 1640 g/mol. The first-order valence-electron chi connectivity index (χ1n) is 45.4. The van der Waals surface area contributed by atoms with Crippen LogP contribution in [0.2, 0.25) is 5.02 Å². The molecule has 0 bridgehead atoms. The molecule has 20 aromatic carbocycles. The summed E-state index contributed by atoms with van der Waals surface area (Å²) in [6.07, 6.45) is 0. The van der Waals surface area contributed by atoms with Crippen LogP contribution in [-0.2, 0) is 20.1 Å². The molecule has 0 amide bonds. The molecule has 1 saturated heterocycles. The molecule has 638 valence electrons. The lowest BCUT2D eigenvalue weighted by Gasteiger charge is -2.39. The highest BCUT2D eigenvalue weighted by atomic mass is 35.5. The van der Waals surface area contributed by atoms with Gasteiger partial charge in [-0.05, 0) is 247 Å². The summed E-state index contributed by atoms with van der Waals surface area (Å²) in [5.74, 6) is 3.61. The number of hydrogen-bond acceptors (Lipinski definition) is 6. The van der Waals surface area contributed by atoms with Gasteiger partial charge in [-0.1, -0.05) is 389 Å². The van der Waals surface area contributed by atoms with Crippen LogP contribution in [0, 0.1) is 0 Å². The van der Waals surface area contributed by atoms with Crippen LogP contribution in [0.3, 0.4) is 0 Å². The van der Waals surface area contributed by atoms with E-state index in [0.29, 0.717) is 0 Å². The van der Waals surface area contributed by atoms with Crippen LogP contribution < -0.4 is 24.7 Å². The van der Waals surface area contributed by atoms with Gasteiger partial charge in [0.15, 0.2) is 0 Å². The van der Waals surface area contributed by atoms with Crippen molar-refractivity contribution in [1.29, 1.82) is 0 Å². The average molecular weight is 1730 g/mol. The largest absolute Gasteiger partial charge is 0.494 e. The van der Waals surface area contributed by atoms with Crippen LogP contribution in [0.5, 0.6) is 23.0 Å². The van der Waals surface area contributed by atoms with Crippen molar-refractivity contribution in [2.24, 2.45) is 0 Å². The van der Waals surface area contributed by atoms with Gasteiger partial charge in [0.1, 0.15) is 23.0 Å². The molecule has 2 spiro atoms. The smallest absolute Gasteiger partial charge is 0.457 e. The van der Waals surface area contributed by atoms with Gasteiger partial charge >= 0.3 is 7.12 Å². The molecule has 3 aliphatic heterocycles. The second-order valence-electron chi connectivity index (χ2n) is 35.5. The van der Waals surface area contributed by atoms with Gasteiger partial charge in [-0.2, -0.15) is 0 Å². The van der Waals surface area contributed by atoms with E-state index in [1.165, 1.54) is 138 Å². The third-order valence-electron chi connectivity index (χ3n) is 27.7. The lowest BCUT2D eigenvalue weighted by Crippen LogP contribution is -2.41. The Kier molecular flexibility index (Phi) is 21.3. The van der Waals surface area contributed by atoms with Crippen LogP contribution in [0.25, 0.3) is 99.4 Å². The summed E-state index contributed by atoms with van der Waals surface area (Å²) < 4.78 is 26.1. The Morgan fingerprint density at radius 1 is 0.233 bits per heavy atom. The van der Waals surface area contributed by atoms with Gasteiger partial charge in [0, 0.05) is 61.2 Å². The monoisotopic (exact) mass is 1730 g/mol. The highest BCUT2D eigenvalue weighted by Crippen LogP contribution is 2.66.